The van der Waals surface area contributed by atoms with Gasteiger partial charge < -0.3 is 14.8 Å². The lowest BCUT2D eigenvalue weighted by atomic mass is 10.2. The first kappa shape index (κ1) is 16.5. The SMILES string of the molecule is COc1cncc(Oc2ccc(/C=C/[C@H](C)NC(C)=O)cn2)c1. The lowest BCUT2D eigenvalue weighted by Crippen LogP contribution is -2.28. The zero-order valence-corrected chi connectivity index (χ0v) is 13.3. The molecule has 1 N–H and O–H groups in total. The number of methoxy groups -OCH3 is 1. The maximum absolute atomic E-state index is 10.9. The third-order valence-electron chi connectivity index (χ3n) is 2.91. The van der Waals surface area contributed by atoms with Crippen LogP contribution in [0.25, 0.3) is 6.08 Å². The molecule has 0 aliphatic carbocycles. The highest BCUT2D eigenvalue weighted by Crippen LogP contribution is 2.22. The Bertz CT molecular complexity index is 684. The van der Waals surface area contributed by atoms with E-state index in [-0.39, 0.29) is 11.9 Å². The highest BCUT2D eigenvalue weighted by molar-refractivity contribution is 5.73. The fourth-order valence-electron chi connectivity index (χ4n) is 1.86. The van der Waals surface area contributed by atoms with Crippen molar-refractivity contribution >= 4 is 12.0 Å². The first-order valence-electron chi connectivity index (χ1n) is 7.15. The van der Waals surface area contributed by atoms with Crippen molar-refractivity contribution in [1.29, 1.82) is 0 Å². The van der Waals surface area contributed by atoms with Crippen molar-refractivity contribution in [1.82, 2.24) is 15.3 Å². The van der Waals surface area contributed by atoms with Gasteiger partial charge in [-0.2, -0.15) is 0 Å². The molecule has 0 unspecified atom stereocenters. The molecule has 0 saturated heterocycles. The lowest BCUT2D eigenvalue weighted by Gasteiger charge is -2.07. The number of rotatable bonds is 6. The molecule has 0 aromatic carbocycles. The minimum absolute atomic E-state index is 0.0358. The van der Waals surface area contributed by atoms with Crippen molar-refractivity contribution in [2.24, 2.45) is 0 Å². The maximum Gasteiger partial charge on any atom is 0.219 e. The van der Waals surface area contributed by atoms with Crippen molar-refractivity contribution in [2.75, 3.05) is 7.11 Å². The Morgan fingerprint density at radius 2 is 2.04 bits per heavy atom. The number of carbonyl (C=O) groups excluding carboxylic acids is 1. The summed E-state index contributed by atoms with van der Waals surface area (Å²) in [4.78, 5) is 19.2. The van der Waals surface area contributed by atoms with Gasteiger partial charge in [-0.3, -0.25) is 9.78 Å². The molecule has 6 nitrogen and oxygen atoms in total. The number of nitrogens with zero attached hydrogens (tertiary/aromatic N) is 2. The first-order chi connectivity index (χ1) is 11.1. The molecule has 2 aromatic heterocycles. The first-order valence-corrected chi connectivity index (χ1v) is 7.15. The fourth-order valence-corrected chi connectivity index (χ4v) is 1.86. The van der Waals surface area contributed by atoms with Gasteiger partial charge in [0.15, 0.2) is 5.75 Å². The summed E-state index contributed by atoms with van der Waals surface area (Å²) in [6.45, 7) is 3.39. The predicted octanol–water partition coefficient (Wildman–Crippen LogP) is 2.82. The van der Waals surface area contributed by atoms with E-state index in [1.165, 1.54) is 6.92 Å². The topological polar surface area (TPSA) is 73.3 Å². The maximum atomic E-state index is 10.9. The van der Waals surface area contributed by atoms with E-state index in [0.717, 1.165) is 5.56 Å². The summed E-state index contributed by atoms with van der Waals surface area (Å²) in [6.07, 6.45) is 8.67. The minimum atomic E-state index is -0.0593. The Labute approximate surface area is 135 Å². The van der Waals surface area contributed by atoms with Crippen LogP contribution >= 0.6 is 0 Å². The van der Waals surface area contributed by atoms with Gasteiger partial charge in [0.05, 0.1) is 19.5 Å². The van der Waals surface area contributed by atoms with E-state index in [1.54, 1.807) is 37.8 Å². The van der Waals surface area contributed by atoms with Crippen molar-refractivity contribution in [3.05, 3.63) is 48.4 Å². The zero-order chi connectivity index (χ0) is 16.7. The van der Waals surface area contributed by atoms with Crippen LogP contribution in [0.3, 0.4) is 0 Å². The van der Waals surface area contributed by atoms with Gasteiger partial charge in [-0.05, 0) is 18.6 Å². The van der Waals surface area contributed by atoms with E-state index in [0.29, 0.717) is 17.4 Å². The van der Waals surface area contributed by atoms with Gasteiger partial charge in [-0.25, -0.2) is 4.98 Å². The van der Waals surface area contributed by atoms with Crippen LogP contribution in [-0.4, -0.2) is 29.0 Å². The lowest BCUT2D eigenvalue weighted by molar-refractivity contribution is -0.119. The number of pyridine rings is 2. The molecule has 0 radical (unpaired) electrons. The molecular formula is C17H19N3O3. The summed E-state index contributed by atoms with van der Waals surface area (Å²) in [6, 6.07) is 5.35. The monoisotopic (exact) mass is 313 g/mol. The predicted molar refractivity (Wildman–Crippen MR) is 87.4 cm³/mol. The van der Waals surface area contributed by atoms with Gasteiger partial charge in [-0.1, -0.05) is 12.2 Å². The molecule has 0 aliphatic heterocycles. The van der Waals surface area contributed by atoms with Gasteiger partial charge in [0, 0.05) is 31.3 Å². The van der Waals surface area contributed by atoms with E-state index in [2.05, 4.69) is 15.3 Å². The van der Waals surface area contributed by atoms with E-state index in [1.807, 2.05) is 25.1 Å². The third kappa shape index (κ3) is 5.43. The van der Waals surface area contributed by atoms with Crippen LogP contribution in [0.4, 0.5) is 0 Å². The molecule has 0 spiro atoms. The average Bonchev–Trinajstić information content (AvgIpc) is 2.54. The van der Waals surface area contributed by atoms with Crippen LogP contribution in [0.2, 0.25) is 0 Å². The summed E-state index contributed by atoms with van der Waals surface area (Å²) in [5, 5.41) is 2.78. The second kappa shape index (κ2) is 7.93. The number of carbonyl (C=O) groups is 1. The highest BCUT2D eigenvalue weighted by Gasteiger charge is 2.02. The number of amides is 1. The van der Waals surface area contributed by atoms with Crippen LogP contribution in [0.15, 0.2) is 42.9 Å². The van der Waals surface area contributed by atoms with Crippen molar-refractivity contribution < 1.29 is 14.3 Å². The Hall–Kier alpha value is -2.89. The van der Waals surface area contributed by atoms with Crippen LogP contribution in [0.1, 0.15) is 19.4 Å². The van der Waals surface area contributed by atoms with Crippen molar-refractivity contribution in [2.45, 2.75) is 19.9 Å². The number of hydrogen-bond acceptors (Lipinski definition) is 5. The Morgan fingerprint density at radius 3 is 2.70 bits per heavy atom. The number of aromatic nitrogens is 2. The Kier molecular flexibility index (Phi) is 5.68. The average molecular weight is 313 g/mol. The molecule has 1 atom stereocenters. The summed E-state index contributed by atoms with van der Waals surface area (Å²) in [5.74, 6) is 1.58. The Morgan fingerprint density at radius 1 is 1.26 bits per heavy atom. The second-order valence-electron chi connectivity index (χ2n) is 4.94. The summed E-state index contributed by atoms with van der Waals surface area (Å²) < 4.78 is 10.7. The molecule has 6 heteroatoms. The van der Waals surface area contributed by atoms with Gasteiger partial charge in [0.1, 0.15) is 5.75 Å². The summed E-state index contributed by atoms with van der Waals surface area (Å²) in [7, 11) is 1.57. The van der Waals surface area contributed by atoms with Gasteiger partial charge in [0.2, 0.25) is 11.8 Å². The largest absolute Gasteiger partial charge is 0.495 e. The molecule has 0 aliphatic rings. The molecular weight excluding hydrogens is 294 g/mol. The van der Waals surface area contributed by atoms with E-state index in [9.17, 15) is 4.79 Å². The van der Waals surface area contributed by atoms with Crippen molar-refractivity contribution in [3.8, 4) is 17.4 Å². The minimum Gasteiger partial charge on any atom is -0.495 e. The third-order valence-corrected chi connectivity index (χ3v) is 2.91. The molecule has 0 bridgehead atoms. The molecule has 23 heavy (non-hydrogen) atoms. The number of ether oxygens (including phenoxy) is 2. The molecule has 0 fully saturated rings. The Balaban J connectivity index is 1.99. The molecule has 2 rings (SSSR count). The normalized spacial score (nSPS) is 12.0. The van der Waals surface area contributed by atoms with E-state index in [4.69, 9.17) is 9.47 Å². The second-order valence-corrected chi connectivity index (χ2v) is 4.94. The standard InChI is InChI=1S/C17H19N3O3/c1-12(20-13(2)21)4-5-14-6-7-17(19-9-14)23-16-8-15(22-3)10-18-11-16/h4-12H,1-3H3,(H,20,21)/b5-4+/t12-/m0/s1. The quantitative estimate of drug-likeness (QED) is 0.887. The molecule has 120 valence electrons. The van der Waals surface area contributed by atoms with Crippen molar-refractivity contribution in [3.63, 3.8) is 0 Å². The van der Waals surface area contributed by atoms with Crippen LogP contribution < -0.4 is 14.8 Å². The summed E-state index contributed by atoms with van der Waals surface area (Å²) >= 11 is 0. The smallest absolute Gasteiger partial charge is 0.219 e. The highest BCUT2D eigenvalue weighted by atomic mass is 16.5. The van der Waals surface area contributed by atoms with Crippen LogP contribution in [0, 0.1) is 0 Å². The van der Waals surface area contributed by atoms with Crippen LogP contribution in [-0.2, 0) is 4.79 Å². The number of hydrogen-bond donors (Lipinski definition) is 1. The fraction of sp³-hybridized carbons (Fsp3) is 0.235. The molecule has 1 amide bonds. The van der Waals surface area contributed by atoms with Crippen LogP contribution in [0.5, 0.6) is 17.4 Å². The summed E-state index contributed by atoms with van der Waals surface area (Å²) in [5.41, 5.74) is 0.915. The van der Waals surface area contributed by atoms with E-state index >= 15 is 0 Å². The zero-order valence-electron chi connectivity index (χ0n) is 13.3. The molecule has 0 saturated carbocycles. The molecule has 2 aromatic rings. The van der Waals surface area contributed by atoms with Gasteiger partial charge in [0.25, 0.3) is 0 Å². The van der Waals surface area contributed by atoms with E-state index < -0.39 is 0 Å². The molecule has 2 heterocycles. The van der Waals surface area contributed by atoms with Gasteiger partial charge >= 0.3 is 0 Å². The number of nitrogens with one attached hydrogen (secondary N) is 1. The van der Waals surface area contributed by atoms with Gasteiger partial charge in [-0.15, -0.1) is 0 Å².